The van der Waals surface area contributed by atoms with E-state index in [1.165, 1.54) is 29.3 Å². The van der Waals surface area contributed by atoms with Gasteiger partial charge in [0.05, 0.1) is 12.0 Å². The Bertz CT molecular complexity index is 1260. The normalized spacial score (nSPS) is 15.5. The van der Waals surface area contributed by atoms with Gasteiger partial charge in [0.1, 0.15) is 16.7 Å². The first kappa shape index (κ1) is 23.7. The van der Waals surface area contributed by atoms with Crippen molar-refractivity contribution >= 4 is 46.3 Å². The van der Waals surface area contributed by atoms with Crippen molar-refractivity contribution in [3.05, 3.63) is 106 Å². The highest BCUT2D eigenvalue weighted by Crippen LogP contribution is 2.39. The summed E-state index contributed by atoms with van der Waals surface area (Å²) in [6, 6.07) is 23.7. The smallest absolute Gasteiger partial charge is 0.333 e. The molecule has 3 aromatic carbocycles. The zero-order valence-corrected chi connectivity index (χ0v) is 20.4. The van der Waals surface area contributed by atoms with Crippen molar-refractivity contribution in [3.63, 3.8) is 0 Å². The molecule has 1 saturated heterocycles. The van der Waals surface area contributed by atoms with Crippen molar-refractivity contribution in [2.75, 3.05) is 7.11 Å². The number of hydrogen-bond acceptors (Lipinski definition) is 6. The van der Waals surface area contributed by atoms with Crippen LogP contribution in [-0.4, -0.2) is 28.2 Å². The van der Waals surface area contributed by atoms with Crippen LogP contribution in [0.2, 0.25) is 0 Å². The molecule has 1 aliphatic heterocycles. The molecule has 1 amide bonds. The van der Waals surface area contributed by atoms with Crippen LogP contribution >= 0.6 is 24.0 Å². The van der Waals surface area contributed by atoms with Crippen LogP contribution in [0, 0.1) is 6.92 Å². The molecule has 0 aromatic heterocycles. The van der Waals surface area contributed by atoms with Gasteiger partial charge in [0.15, 0.2) is 6.04 Å². The summed E-state index contributed by atoms with van der Waals surface area (Å²) in [6.07, 6.45) is 1.76. The van der Waals surface area contributed by atoms with Gasteiger partial charge in [-0.1, -0.05) is 90.7 Å². The number of ether oxygens (including phenoxy) is 2. The van der Waals surface area contributed by atoms with Crippen molar-refractivity contribution in [2.45, 2.75) is 19.6 Å². The third kappa shape index (κ3) is 5.21. The second kappa shape index (κ2) is 10.7. The van der Waals surface area contributed by atoms with Crippen molar-refractivity contribution in [3.8, 4) is 5.75 Å². The zero-order chi connectivity index (χ0) is 24.1. The van der Waals surface area contributed by atoms with Crippen molar-refractivity contribution in [1.82, 2.24) is 4.90 Å². The first-order valence-corrected chi connectivity index (χ1v) is 11.9. The highest BCUT2D eigenvalue weighted by atomic mass is 32.2. The number of thiocarbonyl (C=S) groups is 1. The van der Waals surface area contributed by atoms with E-state index in [-0.39, 0.29) is 5.91 Å². The summed E-state index contributed by atoms with van der Waals surface area (Å²) in [5.74, 6) is -0.181. The number of nitrogens with zero attached hydrogens (tertiary/aromatic N) is 1. The van der Waals surface area contributed by atoms with Gasteiger partial charge < -0.3 is 9.47 Å². The van der Waals surface area contributed by atoms with Gasteiger partial charge in [-0.15, -0.1) is 0 Å². The lowest BCUT2D eigenvalue weighted by Crippen LogP contribution is -2.37. The number of esters is 1. The molecule has 0 radical (unpaired) electrons. The largest absolute Gasteiger partial charge is 0.489 e. The first-order chi connectivity index (χ1) is 16.5. The fourth-order valence-electron chi connectivity index (χ4n) is 3.62. The predicted molar refractivity (Wildman–Crippen MR) is 138 cm³/mol. The maximum absolute atomic E-state index is 13.3. The third-order valence-electron chi connectivity index (χ3n) is 5.43. The second-order valence-corrected chi connectivity index (χ2v) is 9.35. The molecule has 0 bridgehead atoms. The van der Waals surface area contributed by atoms with Crippen LogP contribution < -0.4 is 4.74 Å². The molecule has 5 nitrogen and oxygen atoms in total. The van der Waals surface area contributed by atoms with Crippen LogP contribution in [-0.2, 0) is 20.9 Å². The van der Waals surface area contributed by atoms with Crippen LogP contribution in [0.15, 0.2) is 83.8 Å². The van der Waals surface area contributed by atoms with Gasteiger partial charge in [-0.05, 0) is 47.4 Å². The lowest BCUT2D eigenvalue weighted by Gasteiger charge is -2.24. The van der Waals surface area contributed by atoms with Gasteiger partial charge in [-0.2, -0.15) is 0 Å². The Morgan fingerprint density at radius 3 is 2.53 bits per heavy atom. The van der Waals surface area contributed by atoms with Crippen molar-refractivity contribution in [2.24, 2.45) is 0 Å². The Morgan fingerprint density at radius 1 is 1.06 bits per heavy atom. The summed E-state index contributed by atoms with van der Waals surface area (Å²) in [5, 5.41) is 0. The molecule has 0 N–H and O–H groups in total. The molecule has 7 heteroatoms. The summed E-state index contributed by atoms with van der Waals surface area (Å²) >= 11 is 6.65. The average molecular weight is 490 g/mol. The summed E-state index contributed by atoms with van der Waals surface area (Å²) in [7, 11) is 1.30. The number of aryl methyl sites for hydroxylation is 1. The molecule has 1 atom stereocenters. The maximum atomic E-state index is 13.3. The Morgan fingerprint density at radius 2 is 1.79 bits per heavy atom. The van der Waals surface area contributed by atoms with Crippen LogP contribution in [0.1, 0.15) is 28.3 Å². The minimum atomic E-state index is -0.937. The van der Waals surface area contributed by atoms with E-state index in [4.69, 9.17) is 21.7 Å². The van der Waals surface area contributed by atoms with E-state index in [9.17, 15) is 9.59 Å². The maximum Gasteiger partial charge on any atom is 0.333 e. The number of amides is 1. The molecule has 0 saturated carbocycles. The molecule has 1 unspecified atom stereocenters. The molecular formula is C27H23NO4S2. The highest BCUT2D eigenvalue weighted by molar-refractivity contribution is 8.26. The average Bonchev–Trinajstić information content (AvgIpc) is 3.12. The van der Waals surface area contributed by atoms with E-state index in [1.54, 1.807) is 30.3 Å². The first-order valence-electron chi connectivity index (χ1n) is 10.6. The Kier molecular flexibility index (Phi) is 7.45. The highest BCUT2D eigenvalue weighted by Gasteiger charge is 2.41. The number of carbonyl (C=O) groups is 2. The van der Waals surface area contributed by atoms with Gasteiger partial charge in [0.2, 0.25) is 0 Å². The van der Waals surface area contributed by atoms with Gasteiger partial charge in [0, 0.05) is 0 Å². The minimum absolute atomic E-state index is 0.308. The molecule has 1 aliphatic rings. The Hall–Kier alpha value is -3.42. The lowest BCUT2D eigenvalue weighted by atomic mass is 10.1. The summed E-state index contributed by atoms with van der Waals surface area (Å²) in [4.78, 5) is 27.7. The molecule has 4 rings (SSSR count). The Balaban J connectivity index is 1.55. The number of rotatable bonds is 7. The standard InChI is InChI=1S/C27H23NO4S2/c1-18-9-6-7-13-21(18)17-32-22-14-8-10-19(15-22)16-23-25(29)28(27(33)34-23)24(26(30)31-2)20-11-4-3-5-12-20/h3-16,24H,17H2,1-2H3/b23-16+. The van der Waals surface area contributed by atoms with Gasteiger partial charge in [-0.3, -0.25) is 9.69 Å². The van der Waals surface area contributed by atoms with Crippen molar-refractivity contribution in [1.29, 1.82) is 0 Å². The van der Waals surface area contributed by atoms with Crippen molar-refractivity contribution < 1.29 is 19.1 Å². The van der Waals surface area contributed by atoms with Gasteiger partial charge >= 0.3 is 5.97 Å². The molecule has 172 valence electrons. The van der Waals surface area contributed by atoms with E-state index in [0.717, 1.165) is 11.1 Å². The van der Waals surface area contributed by atoms with E-state index < -0.39 is 12.0 Å². The van der Waals surface area contributed by atoms with Crippen LogP contribution in [0.3, 0.4) is 0 Å². The molecule has 1 heterocycles. The van der Waals surface area contributed by atoms with E-state index in [2.05, 4.69) is 0 Å². The molecule has 0 aliphatic carbocycles. The number of methoxy groups -OCH3 is 1. The molecule has 34 heavy (non-hydrogen) atoms. The topological polar surface area (TPSA) is 55.8 Å². The van der Waals surface area contributed by atoms with E-state index in [0.29, 0.717) is 27.1 Å². The summed E-state index contributed by atoms with van der Waals surface area (Å²) < 4.78 is 11.3. The number of hydrogen-bond donors (Lipinski definition) is 0. The molecule has 0 spiro atoms. The fourth-order valence-corrected chi connectivity index (χ4v) is 4.93. The third-order valence-corrected chi connectivity index (χ3v) is 6.76. The fraction of sp³-hybridized carbons (Fsp3) is 0.148. The molecule has 3 aromatic rings. The number of thioether (sulfide) groups is 1. The van der Waals surface area contributed by atoms with Crippen LogP contribution in [0.5, 0.6) is 5.75 Å². The number of carbonyl (C=O) groups excluding carboxylic acids is 2. The van der Waals surface area contributed by atoms with Crippen LogP contribution in [0.25, 0.3) is 6.08 Å². The molecule has 1 fully saturated rings. The summed E-state index contributed by atoms with van der Waals surface area (Å²) in [6.45, 7) is 2.50. The summed E-state index contributed by atoms with van der Waals surface area (Å²) in [5.41, 5.74) is 3.72. The quantitative estimate of drug-likeness (QED) is 0.241. The molecular weight excluding hydrogens is 466 g/mol. The SMILES string of the molecule is COC(=O)C(c1ccccc1)N1C(=O)/C(=C\c2cccc(OCc3ccccc3C)c2)SC1=S. The van der Waals surface area contributed by atoms with E-state index >= 15 is 0 Å². The lowest BCUT2D eigenvalue weighted by molar-refractivity contribution is -0.148. The zero-order valence-electron chi connectivity index (χ0n) is 18.8. The minimum Gasteiger partial charge on any atom is -0.489 e. The number of benzene rings is 3. The monoisotopic (exact) mass is 489 g/mol. The van der Waals surface area contributed by atoms with Gasteiger partial charge in [-0.25, -0.2) is 4.79 Å². The second-order valence-electron chi connectivity index (χ2n) is 7.68. The van der Waals surface area contributed by atoms with Crippen LogP contribution in [0.4, 0.5) is 0 Å². The van der Waals surface area contributed by atoms with E-state index in [1.807, 2.05) is 61.5 Å². The predicted octanol–water partition coefficient (Wildman–Crippen LogP) is 5.69. The Labute approximate surface area is 208 Å². The van der Waals surface area contributed by atoms with Gasteiger partial charge in [0.25, 0.3) is 5.91 Å².